The second kappa shape index (κ2) is 8.73. The first-order valence-corrected chi connectivity index (χ1v) is 9.87. The van der Waals surface area contributed by atoms with Gasteiger partial charge in [-0.15, -0.1) is 0 Å². The van der Waals surface area contributed by atoms with Gasteiger partial charge in [0.25, 0.3) is 5.91 Å². The van der Waals surface area contributed by atoms with Gasteiger partial charge in [0.2, 0.25) is 0 Å². The van der Waals surface area contributed by atoms with Crippen molar-refractivity contribution in [2.75, 3.05) is 32.8 Å². The number of imidazole rings is 1. The van der Waals surface area contributed by atoms with Crippen LogP contribution in [0.4, 0.5) is 0 Å². The summed E-state index contributed by atoms with van der Waals surface area (Å²) in [5.74, 6) is -0.185. The van der Waals surface area contributed by atoms with Gasteiger partial charge >= 0.3 is 0 Å². The number of aromatic nitrogens is 2. The Hall–Kier alpha value is -2.41. The van der Waals surface area contributed by atoms with E-state index in [1.54, 1.807) is 28.9 Å². The maximum absolute atomic E-state index is 12.9. The van der Waals surface area contributed by atoms with Crippen LogP contribution in [-0.4, -0.2) is 53.0 Å². The minimum Gasteiger partial charge on any atom is -0.379 e. The second-order valence-corrected chi connectivity index (χ2v) is 7.35. The van der Waals surface area contributed by atoms with Crippen LogP contribution in [0.2, 0.25) is 5.02 Å². The van der Waals surface area contributed by atoms with Gasteiger partial charge < -0.3 is 14.5 Å². The van der Waals surface area contributed by atoms with E-state index in [2.05, 4.69) is 15.2 Å². The molecule has 6 nitrogen and oxygen atoms in total. The van der Waals surface area contributed by atoms with Crippen LogP contribution in [0.3, 0.4) is 0 Å². The van der Waals surface area contributed by atoms with Gasteiger partial charge in [0, 0.05) is 32.0 Å². The number of hydrogen-bond donors (Lipinski definition) is 1. The molecular formula is C21H23ClN4O2. The van der Waals surface area contributed by atoms with E-state index in [9.17, 15) is 4.79 Å². The van der Waals surface area contributed by atoms with Crippen molar-refractivity contribution in [3.63, 3.8) is 0 Å². The van der Waals surface area contributed by atoms with Crippen LogP contribution < -0.4 is 5.32 Å². The molecule has 1 saturated heterocycles. The largest absolute Gasteiger partial charge is 0.379 e. The van der Waals surface area contributed by atoms with Gasteiger partial charge in [0.15, 0.2) is 0 Å². The number of morpholine rings is 1. The van der Waals surface area contributed by atoms with E-state index in [1.165, 1.54) is 0 Å². The summed E-state index contributed by atoms with van der Waals surface area (Å²) in [6.45, 7) is 4.31. The number of amides is 1. The van der Waals surface area contributed by atoms with E-state index in [0.29, 0.717) is 16.4 Å². The predicted molar refractivity (Wildman–Crippen MR) is 109 cm³/mol. The molecule has 1 amide bonds. The Balaban J connectivity index is 1.49. The lowest BCUT2D eigenvalue weighted by atomic mass is 10.0. The van der Waals surface area contributed by atoms with Crippen LogP contribution in [0, 0.1) is 0 Å². The number of nitrogens with zero attached hydrogens (tertiary/aromatic N) is 3. The van der Waals surface area contributed by atoms with Crippen molar-refractivity contribution in [3.05, 3.63) is 71.1 Å². The standard InChI is InChI=1S/C21H23ClN4O2/c22-17-6-7-20-23-19(15-26(20)14-17)21(27)24-18(16-4-2-1-3-5-16)8-9-25-10-12-28-13-11-25/h1-7,14-15,18H,8-13H2,(H,24,27)/t18-/m0/s1. The average Bonchev–Trinajstić information content (AvgIpc) is 3.16. The molecule has 0 radical (unpaired) electrons. The third-order valence-corrected chi connectivity index (χ3v) is 5.22. The lowest BCUT2D eigenvalue weighted by Crippen LogP contribution is -2.39. The van der Waals surface area contributed by atoms with Gasteiger partial charge in [-0.05, 0) is 24.1 Å². The average molecular weight is 399 g/mol. The minimum atomic E-state index is -0.185. The van der Waals surface area contributed by atoms with Crippen molar-refractivity contribution in [1.29, 1.82) is 0 Å². The molecule has 1 fully saturated rings. The molecule has 4 rings (SSSR count). The highest BCUT2D eigenvalue weighted by molar-refractivity contribution is 6.30. The summed E-state index contributed by atoms with van der Waals surface area (Å²) < 4.78 is 7.19. The zero-order chi connectivity index (χ0) is 19.3. The number of carbonyl (C=O) groups excluding carboxylic acids is 1. The number of carbonyl (C=O) groups is 1. The lowest BCUT2D eigenvalue weighted by Gasteiger charge is -2.28. The van der Waals surface area contributed by atoms with E-state index in [0.717, 1.165) is 44.8 Å². The molecule has 1 aliphatic rings. The van der Waals surface area contributed by atoms with Crippen molar-refractivity contribution >= 4 is 23.2 Å². The first kappa shape index (κ1) is 18.9. The second-order valence-electron chi connectivity index (χ2n) is 6.92. The molecule has 3 heterocycles. The molecule has 3 aromatic rings. The van der Waals surface area contributed by atoms with Gasteiger partial charge in [-0.1, -0.05) is 41.9 Å². The van der Waals surface area contributed by atoms with E-state index in [1.807, 2.05) is 30.3 Å². The molecule has 1 atom stereocenters. The SMILES string of the molecule is O=C(N[C@@H](CCN1CCOCC1)c1ccccc1)c1cn2cc(Cl)ccc2n1. The van der Waals surface area contributed by atoms with Crippen LogP contribution in [0.5, 0.6) is 0 Å². The van der Waals surface area contributed by atoms with Gasteiger partial charge in [0.1, 0.15) is 11.3 Å². The molecule has 1 aromatic carbocycles. The van der Waals surface area contributed by atoms with Crippen LogP contribution in [0.15, 0.2) is 54.9 Å². The fraction of sp³-hybridized carbons (Fsp3) is 0.333. The molecule has 28 heavy (non-hydrogen) atoms. The first-order chi connectivity index (χ1) is 13.7. The number of rotatable bonds is 6. The topological polar surface area (TPSA) is 58.9 Å². The number of halogens is 1. The van der Waals surface area contributed by atoms with E-state index >= 15 is 0 Å². The van der Waals surface area contributed by atoms with Gasteiger partial charge in [-0.2, -0.15) is 0 Å². The van der Waals surface area contributed by atoms with Gasteiger partial charge in [-0.25, -0.2) is 4.98 Å². The molecule has 7 heteroatoms. The highest BCUT2D eigenvalue weighted by Crippen LogP contribution is 2.19. The van der Waals surface area contributed by atoms with E-state index in [4.69, 9.17) is 16.3 Å². The molecule has 1 aliphatic heterocycles. The maximum Gasteiger partial charge on any atom is 0.271 e. The molecule has 2 aromatic heterocycles. The summed E-state index contributed by atoms with van der Waals surface area (Å²) in [5.41, 5.74) is 2.17. The Labute approximate surface area is 169 Å². The molecule has 0 spiro atoms. The highest BCUT2D eigenvalue weighted by Gasteiger charge is 2.20. The summed E-state index contributed by atoms with van der Waals surface area (Å²) in [5, 5.41) is 3.76. The van der Waals surface area contributed by atoms with E-state index in [-0.39, 0.29) is 11.9 Å². The Morgan fingerprint density at radius 3 is 2.71 bits per heavy atom. The summed E-state index contributed by atoms with van der Waals surface area (Å²) in [4.78, 5) is 19.7. The summed E-state index contributed by atoms with van der Waals surface area (Å²) in [6, 6.07) is 13.6. The fourth-order valence-corrected chi connectivity index (χ4v) is 3.62. The third kappa shape index (κ3) is 4.52. The minimum absolute atomic E-state index is 0.0788. The highest BCUT2D eigenvalue weighted by atomic mass is 35.5. The van der Waals surface area contributed by atoms with Crippen molar-refractivity contribution < 1.29 is 9.53 Å². The number of hydrogen-bond acceptors (Lipinski definition) is 4. The Morgan fingerprint density at radius 2 is 1.93 bits per heavy atom. The number of ether oxygens (including phenoxy) is 1. The van der Waals surface area contributed by atoms with Gasteiger partial charge in [-0.3, -0.25) is 9.69 Å². The smallest absolute Gasteiger partial charge is 0.271 e. The van der Waals surface area contributed by atoms with Crippen molar-refractivity contribution in [2.24, 2.45) is 0 Å². The zero-order valence-corrected chi connectivity index (χ0v) is 16.3. The zero-order valence-electron chi connectivity index (χ0n) is 15.6. The third-order valence-electron chi connectivity index (χ3n) is 4.99. The fourth-order valence-electron chi connectivity index (χ4n) is 3.45. The molecule has 0 bridgehead atoms. The lowest BCUT2D eigenvalue weighted by molar-refractivity contribution is 0.0360. The summed E-state index contributed by atoms with van der Waals surface area (Å²) in [7, 11) is 0. The van der Waals surface area contributed by atoms with Crippen molar-refractivity contribution in [2.45, 2.75) is 12.5 Å². The summed E-state index contributed by atoms with van der Waals surface area (Å²) in [6.07, 6.45) is 4.28. The van der Waals surface area contributed by atoms with Crippen LogP contribution >= 0.6 is 11.6 Å². The number of fused-ring (bicyclic) bond motifs is 1. The molecule has 0 aliphatic carbocycles. The molecular weight excluding hydrogens is 376 g/mol. The number of benzene rings is 1. The number of pyridine rings is 1. The van der Waals surface area contributed by atoms with Gasteiger partial charge in [0.05, 0.1) is 24.3 Å². The normalized spacial score (nSPS) is 16.2. The van der Waals surface area contributed by atoms with Crippen molar-refractivity contribution in [3.8, 4) is 0 Å². The quantitative estimate of drug-likeness (QED) is 0.692. The van der Waals surface area contributed by atoms with Crippen LogP contribution in [0.1, 0.15) is 28.5 Å². The Kier molecular flexibility index (Phi) is 5.90. The molecule has 0 unspecified atom stereocenters. The monoisotopic (exact) mass is 398 g/mol. The Morgan fingerprint density at radius 1 is 1.14 bits per heavy atom. The predicted octanol–water partition coefficient (Wildman–Crippen LogP) is 3.18. The van der Waals surface area contributed by atoms with Crippen molar-refractivity contribution in [1.82, 2.24) is 19.6 Å². The summed E-state index contributed by atoms with van der Waals surface area (Å²) >= 11 is 6.02. The molecule has 1 N–H and O–H groups in total. The Bertz CT molecular complexity index is 938. The maximum atomic E-state index is 12.9. The molecule has 0 saturated carbocycles. The van der Waals surface area contributed by atoms with E-state index < -0.39 is 0 Å². The first-order valence-electron chi connectivity index (χ1n) is 9.49. The van der Waals surface area contributed by atoms with Crippen LogP contribution in [-0.2, 0) is 4.74 Å². The number of nitrogens with one attached hydrogen (secondary N) is 1. The van der Waals surface area contributed by atoms with Crippen LogP contribution in [0.25, 0.3) is 5.65 Å². The molecule has 146 valence electrons.